The zero-order chi connectivity index (χ0) is 18.4. The number of benzene rings is 2. The van der Waals surface area contributed by atoms with Crippen molar-refractivity contribution in [1.82, 2.24) is 9.78 Å². The number of hydrogen-bond acceptors (Lipinski definition) is 2. The number of terminal acetylenes is 1. The Morgan fingerprint density at radius 2 is 2.04 bits per heavy atom. The Balaban J connectivity index is 2.08. The fraction of sp³-hybridized carbons (Fsp3) is 0.200. The lowest BCUT2D eigenvalue weighted by molar-refractivity contribution is 0.100. The van der Waals surface area contributed by atoms with Crippen LogP contribution >= 0.6 is 0 Å². The molecule has 4 nitrogen and oxygen atoms in total. The molecule has 6 heteroatoms. The van der Waals surface area contributed by atoms with Crippen molar-refractivity contribution in [3.05, 3.63) is 53.1 Å². The summed E-state index contributed by atoms with van der Waals surface area (Å²) in [5.41, 5.74) is 7.63. The van der Waals surface area contributed by atoms with E-state index in [1.54, 1.807) is 4.68 Å². The lowest BCUT2D eigenvalue weighted by Crippen LogP contribution is -2.12. The molecule has 0 aliphatic heterocycles. The van der Waals surface area contributed by atoms with Crippen LogP contribution < -0.4 is 5.73 Å². The molecule has 1 aliphatic carbocycles. The van der Waals surface area contributed by atoms with Gasteiger partial charge in [0.2, 0.25) is 5.91 Å². The molecule has 2 aromatic carbocycles. The standard InChI is InChI=1S/C20H15F2N3O/c1-2-7-25-19-15(11-3-4-11)9-13(22)10-17(19)18(24-25)16-8-12(21)5-6-14(16)20(23)26/h1,5-6,8-11H,3-4,7H2,(H2,23,26). The number of primary amides is 1. The third-order valence-corrected chi connectivity index (χ3v) is 4.60. The van der Waals surface area contributed by atoms with Gasteiger partial charge in [-0.15, -0.1) is 6.42 Å². The van der Waals surface area contributed by atoms with Crippen molar-refractivity contribution in [2.24, 2.45) is 5.73 Å². The molecule has 1 aromatic heterocycles. The van der Waals surface area contributed by atoms with E-state index >= 15 is 0 Å². The molecule has 26 heavy (non-hydrogen) atoms. The summed E-state index contributed by atoms with van der Waals surface area (Å²) >= 11 is 0. The maximum atomic E-state index is 14.3. The Morgan fingerprint density at radius 3 is 2.69 bits per heavy atom. The predicted molar refractivity (Wildman–Crippen MR) is 94.4 cm³/mol. The number of rotatable bonds is 4. The second-order valence-corrected chi connectivity index (χ2v) is 6.43. The molecular weight excluding hydrogens is 336 g/mol. The second kappa shape index (κ2) is 5.95. The first-order chi connectivity index (χ1) is 12.5. The van der Waals surface area contributed by atoms with Gasteiger partial charge in [0.15, 0.2) is 0 Å². The van der Waals surface area contributed by atoms with Crippen molar-refractivity contribution < 1.29 is 13.6 Å². The third kappa shape index (κ3) is 2.62. The molecule has 0 saturated heterocycles. The Labute approximate surface area is 148 Å². The van der Waals surface area contributed by atoms with Gasteiger partial charge in [-0.3, -0.25) is 9.48 Å². The minimum Gasteiger partial charge on any atom is -0.366 e. The first-order valence-electron chi connectivity index (χ1n) is 8.22. The number of nitrogens with zero attached hydrogens (tertiary/aromatic N) is 2. The maximum Gasteiger partial charge on any atom is 0.249 e. The fourth-order valence-electron chi connectivity index (χ4n) is 3.35. The largest absolute Gasteiger partial charge is 0.366 e. The van der Waals surface area contributed by atoms with E-state index in [0.29, 0.717) is 11.1 Å². The van der Waals surface area contributed by atoms with Gasteiger partial charge in [-0.05, 0) is 54.7 Å². The van der Waals surface area contributed by atoms with Gasteiger partial charge in [-0.2, -0.15) is 5.10 Å². The van der Waals surface area contributed by atoms with Crippen molar-refractivity contribution in [3.8, 4) is 23.6 Å². The van der Waals surface area contributed by atoms with Gasteiger partial charge in [-0.25, -0.2) is 8.78 Å². The van der Waals surface area contributed by atoms with Gasteiger partial charge in [0.25, 0.3) is 0 Å². The van der Waals surface area contributed by atoms with E-state index in [0.717, 1.165) is 30.0 Å². The van der Waals surface area contributed by atoms with Crippen LogP contribution in [0.25, 0.3) is 22.2 Å². The first-order valence-corrected chi connectivity index (χ1v) is 8.22. The minimum absolute atomic E-state index is 0.121. The average molecular weight is 351 g/mol. The van der Waals surface area contributed by atoms with Gasteiger partial charge in [0, 0.05) is 16.5 Å². The van der Waals surface area contributed by atoms with E-state index in [9.17, 15) is 13.6 Å². The lowest BCUT2D eigenvalue weighted by atomic mass is 9.99. The second-order valence-electron chi connectivity index (χ2n) is 6.43. The molecule has 0 unspecified atom stereocenters. The highest BCUT2D eigenvalue weighted by Gasteiger charge is 2.29. The molecule has 3 aromatic rings. The summed E-state index contributed by atoms with van der Waals surface area (Å²) in [6.45, 7) is 0.184. The van der Waals surface area contributed by atoms with Crippen molar-refractivity contribution >= 4 is 16.8 Å². The van der Waals surface area contributed by atoms with Crippen molar-refractivity contribution in [2.75, 3.05) is 0 Å². The summed E-state index contributed by atoms with van der Waals surface area (Å²) < 4.78 is 29.7. The molecule has 1 amide bonds. The third-order valence-electron chi connectivity index (χ3n) is 4.60. The average Bonchev–Trinajstić information content (AvgIpc) is 3.37. The minimum atomic E-state index is -0.710. The molecule has 1 fully saturated rings. The van der Waals surface area contributed by atoms with Crippen molar-refractivity contribution in [2.45, 2.75) is 25.3 Å². The van der Waals surface area contributed by atoms with E-state index < -0.39 is 17.5 Å². The zero-order valence-corrected chi connectivity index (χ0v) is 13.8. The summed E-state index contributed by atoms with van der Waals surface area (Å²) in [7, 11) is 0. The molecule has 1 heterocycles. The van der Waals surface area contributed by atoms with Crippen molar-refractivity contribution in [3.63, 3.8) is 0 Å². The predicted octanol–water partition coefficient (Wildman–Crippen LogP) is 3.59. The van der Waals surface area contributed by atoms with Crippen LogP contribution in [0.4, 0.5) is 8.78 Å². The van der Waals surface area contributed by atoms with E-state index in [2.05, 4.69) is 11.0 Å². The first kappa shape index (κ1) is 16.3. The molecule has 0 bridgehead atoms. The molecule has 1 saturated carbocycles. The summed E-state index contributed by atoms with van der Waals surface area (Å²) in [5.74, 6) is 1.14. The number of hydrogen-bond donors (Lipinski definition) is 1. The highest BCUT2D eigenvalue weighted by atomic mass is 19.1. The molecule has 0 atom stereocenters. The van der Waals surface area contributed by atoms with Crippen LogP contribution in [0.15, 0.2) is 30.3 Å². The zero-order valence-electron chi connectivity index (χ0n) is 13.8. The number of amides is 1. The molecule has 2 N–H and O–H groups in total. The van der Waals surface area contributed by atoms with Crippen LogP contribution in [0.3, 0.4) is 0 Å². The fourth-order valence-corrected chi connectivity index (χ4v) is 3.35. The number of aromatic nitrogens is 2. The SMILES string of the molecule is C#CCn1nc(-c2cc(F)ccc2C(N)=O)c2cc(F)cc(C3CC3)c21. The maximum absolute atomic E-state index is 14.3. The molecule has 130 valence electrons. The smallest absolute Gasteiger partial charge is 0.249 e. The Hall–Kier alpha value is -3.20. The summed E-state index contributed by atoms with van der Waals surface area (Å²) in [6.07, 6.45) is 7.40. The normalized spacial score (nSPS) is 13.7. The molecule has 0 radical (unpaired) electrons. The van der Waals surface area contributed by atoms with Crippen LogP contribution in [-0.2, 0) is 6.54 Å². The molecule has 1 aliphatic rings. The van der Waals surface area contributed by atoms with Gasteiger partial charge < -0.3 is 5.73 Å². The molecule has 4 rings (SSSR count). The Morgan fingerprint density at radius 1 is 1.27 bits per heavy atom. The Kier molecular flexibility index (Phi) is 3.73. The molecular formula is C20H15F2N3O. The summed E-state index contributed by atoms with van der Waals surface area (Å²) in [4.78, 5) is 11.8. The van der Waals surface area contributed by atoms with Crippen molar-refractivity contribution in [1.29, 1.82) is 0 Å². The Bertz CT molecular complexity index is 1090. The van der Waals surface area contributed by atoms with E-state index in [-0.39, 0.29) is 23.6 Å². The van der Waals surface area contributed by atoms with Crippen LogP contribution in [0.5, 0.6) is 0 Å². The number of nitrogens with two attached hydrogens (primary N) is 1. The number of carbonyl (C=O) groups excluding carboxylic acids is 1. The van der Waals surface area contributed by atoms with Gasteiger partial charge >= 0.3 is 0 Å². The molecule has 0 spiro atoms. The van der Waals surface area contributed by atoms with E-state index in [4.69, 9.17) is 12.2 Å². The van der Waals surface area contributed by atoms with Gasteiger partial charge in [-0.1, -0.05) is 5.92 Å². The highest BCUT2D eigenvalue weighted by Crippen LogP contribution is 2.45. The van der Waals surface area contributed by atoms with Gasteiger partial charge in [0.1, 0.15) is 23.9 Å². The number of halogens is 2. The van der Waals surface area contributed by atoms with E-state index in [1.807, 2.05) is 0 Å². The van der Waals surface area contributed by atoms with Crippen LogP contribution in [0.1, 0.15) is 34.7 Å². The highest BCUT2D eigenvalue weighted by molar-refractivity contribution is 6.04. The number of fused-ring (bicyclic) bond motifs is 1. The lowest BCUT2D eigenvalue weighted by Gasteiger charge is -2.06. The number of carbonyl (C=O) groups is 1. The summed E-state index contributed by atoms with van der Waals surface area (Å²) in [6, 6.07) is 6.48. The van der Waals surface area contributed by atoms with Crippen LogP contribution in [0, 0.1) is 24.0 Å². The topological polar surface area (TPSA) is 60.9 Å². The van der Waals surface area contributed by atoms with Gasteiger partial charge in [0.05, 0.1) is 5.52 Å². The van der Waals surface area contributed by atoms with E-state index in [1.165, 1.54) is 24.3 Å². The van der Waals surface area contributed by atoms with Crippen LogP contribution in [-0.4, -0.2) is 15.7 Å². The quantitative estimate of drug-likeness (QED) is 0.730. The monoisotopic (exact) mass is 351 g/mol. The van der Waals surface area contributed by atoms with Crippen LogP contribution in [0.2, 0.25) is 0 Å². The summed E-state index contributed by atoms with van der Waals surface area (Å²) in [5, 5.41) is 4.97.